The number of hydrogen-bond donors (Lipinski definition) is 0. The summed E-state index contributed by atoms with van der Waals surface area (Å²) in [5, 5.41) is 0. The van der Waals surface area contributed by atoms with Gasteiger partial charge >= 0.3 is 0 Å². The topological polar surface area (TPSA) is 33.2 Å². The largest absolute Gasteiger partial charge is 0.270 e. The van der Waals surface area contributed by atoms with E-state index in [1.54, 1.807) is 36.5 Å². The number of amides is 1. The van der Waals surface area contributed by atoms with E-state index in [1.807, 2.05) is 6.07 Å². The zero-order valence-corrected chi connectivity index (χ0v) is 12.3. The van der Waals surface area contributed by atoms with Gasteiger partial charge in [0.25, 0.3) is 5.91 Å². The molecular weight excluding hydrogens is 307 g/mol. The molecule has 1 aromatic carbocycles. The van der Waals surface area contributed by atoms with Crippen LogP contribution >= 0.6 is 24.0 Å². The average Bonchev–Trinajstić information content (AvgIpc) is 2.76. The van der Waals surface area contributed by atoms with E-state index >= 15 is 0 Å². The van der Waals surface area contributed by atoms with Gasteiger partial charge in [-0.05, 0) is 30.3 Å². The minimum atomic E-state index is -0.479. The van der Waals surface area contributed by atoms with E-state index in [9.17, 15) is 9.18 Å². The molecule has 3 nitrogen and oxygen atoms in total. The van der Waals surface area contributed by atoms with Gasteiger partial charge in [0.1, 0.15) is 5.82 Å². The number of carbonyl (C=O) groups excluding carboxylic acids is 1. The maximum atomic E-state index is 13.8. The predicted octanol–water partition coefficient (Wildman–Crippen LogP) is 3.63. The molecule has 0 unspecified atom stereocenters. The molecule has 104 valence electrons. The predicted molar refractivity (Wildman–Crippen MR) is 86.3 cm³/mol. The Labute approximate surface area is 130 Å². The fourth-order valence-electron chi connectivity index (χ4n) is 1.90. The minimum Gasteiger partial charge on any atom is -0.268 e. The summed E-state index contributed by atoms with van der Waals surface area (Å²) in [5.74, 6) is -0.811. The smallest absolute Gasteiger partial charge is 0.268 e. The molecule has 1 aliphatic rings. The number of rotatable bonds is 2. The highest BCUT2D eigenvalue weighted by atomic mass is 32.2. The normalized spacial score (nSPS) is 16.8. The van der Waals surface area contributed by atoms with Crippen molar-refractivity contribution >= 4 is 46.0 Å². The molecule has 1 amide bonds. The Balaban J connectivity index is 1.97. The third-order valence-corrected chi connectivity index (χ3v) is 4.16. The number of thioether (sulfide) groups is 1. The number of benzene rings is 1. The third-order valence-electron chi connectivity index (χ3n) is 2.85. The summed E-state index contributed by atoms with van der Waals surface area (Å²) in [6, 6.07) is 11.5. The molecular formula is C15H9FN2OS2. The monoisotopic (exact) mass is 316 g/mol. The molecule has 3 rings (SSSR count). The van der Waals surface area contributed by atoms with E-state index in [2.05, 4.69) is 4.98 Å². The summed E-state index contributed by atoms with van der Waals surface area (Å²) in [5.41, 5.74) is 0.830. The van der Waals surface area contributed by atoms with Crippen molar-refractivity contribution in [3.8, 4) is 0 Å². The van der Waals surface area contributed by atoms with Crippen molar-refractivity contribution in [1.29, 1.82) is 0 Å². The van der Waals surface area contributed by atoms with Crippen LogP contribution in [0.4, 0.5) is 10.1 Å². The summed E-state index contributed by atoms with van der Waals surface area (Å²) < 4.78 is 14.2. The van der Waals surface area contributed by atoms with Crippen molar-refractivity contribution in [1.82, 2.24) is 4.98 Å². The summed E-state index contributed by atoms with van der Waals surface area (Å²) >= 11 is 6.34. The number of pyridine rings is 1. The van der Waals surface area contributed by atoms with Crippen molar-refractivity contribution in [2.75, 3.05) is 4.90 Å². The van der Waals surface area contributed by atoms with Crippen LogP contribution in [0.25, 0.3) is 6.08 Å². The quantitative estimate of drug-likeness (QED) is 0.626. The van der Waals surface area contributed by atoms with Gasteiger partial charge in [-0.15, -0.1) is 0 Å². The van der Waals surface area contributed by atoms with Crippen LogP contribution in [-0.4, -0.2) is 15.2 Å². The van der Waals surface area contributed by atoms with E-state index in [0.29, 0.717) is 14.9 Å². The molecule has 2 heterocycles. The van der Waals surface area contributed by atoms with Crippen LogP contribution in [0.15, 0.2) is 53.6 Å². The van der Waals surface area contributed by atoms with E-state index in [0.717, 1.165) is 11.8 Å². The number of hydrogen-bond acceptors (Lipinski definition) is 4. The number of thiocarbonyl (C=S) groups is 1. The highest BCUT2D eigenvalue weighted by Crippen LogP contribution is 2.36. The Morgan fingerprint density at radius 1 is 1.19 bits per heavy atom. The van der Waals surface area contributed by atoms with E-state index < -0.39 is 5.82 Å². The Bertz CT molecular complexity index is 746. The molecule has 0 bridgehead atoms. The molecule has 0 radical (unpaired) electrons. The third kappa shape index (κ3) is 2.72. The van der Waals surface area contributed by atoms with E-state index in [1.165, 1.54) is 17.0 Å². The minimum absolute atomic E-state index is 0.171. The van der Waals surface area contributed by atoms with Crippen molar-refractivity contribution in [2.45, 2.75) is 0 Å². The van der Waals surface area contributed by atoms with Crippen LogP contribution in [0, 0.1) is 5.82 Å². The first-order chi connectivity index (χ1) is 10.2. The Kier molecular flexibility index (Phi) is 3.81. The van der Waals surface area contributed by atoms with Gasteiger partial charge in [0.05, 0.1) is 16.3 Å². The Hall–Kier alpha value is -2.05. The number of nitrogens with zero attached hydrogens (tertiary/aromatic N) is 2. The van der Waals surface area contributed by atoms with Gasteiger partial charge < -0.3 is 0 Å². The van der Waals surface area contributed by atoms with Gasteiger partial charge in [0.2, 0.25) is 0 Å². The summed E-state index contributed by atoms with van der Waals surface area (Å²) in [6.45, 7) is 0. The summed E-state index contributed by atoms with van der Waals surface area (Å²) in [4.78, 5) is 18.2. The highest BCUT2D eigenvalue weighted by molar-refractivity contribution is 8.27. The van der Waals surface area contributed by atoms with Crippen LogP contribution in [0.2, 0.25) is 0 Å². The molecule has 0 aliphatic carbocycles. The van der Waals surface area contributed by atoms with Crippen LogP contribution in [-0.2, 0) is 4.79 Å². The second-order valence-corrected chi connectivity index (χ2v) is 5.90. The number of anilines is 1. The fourth-order valence-corrected chi connectivity index (χ4v) is 3.17. The average molecular weight is 316 g/mol. The van der Waals surface area contributed by atoms with Crippen LogP contribution in [0.5, 0.6) is 0 Å². The highest BCUT2D eigenvalue weighted by Gasteiger charge is 2.34. The summed E-state index contributed by atoms with van der Waals surface area (Å²) in [6.07, 6.45) is 3.30. The van der Waals surface area contributed by atoms with Crippen molar-refractivity contribution in [3.05, 3.63) is 65.1 Å². The lowest BCUT2D eigenvalue weighted by Gasteiger charge is -2.14. The molecule has 6 heteroatoms. The standard InChI is InChI=1S/C15H9FN2OS2/c16-11-6-1-2-7-12(11)18-14(19)13(21-15(18)20)9-10-5-3-4-8-17-10/h1-9H/b13-9-. The zero-order chi connectivity index (χ0) is 14.8. The van der Waals surface area contributed by atoms with Gasteiger partial charge in [0, 0.05) is 6.20 Å². The van der Waals surface area contributed by atoms with Crippen LogP contribution in [0.1, 0.15) is 5.69 Å². The lowest BCUT2D eigenvalue weighted by atomic mass is 10.2. The molecule has 1 fully saturated rings. The van der Waals surface area contributed by atoms with Crippen molar-refractivity contribution in [2.24, 2.45) is 0 Å². The molecule has 1 aromatic heterocycles. The Morgan fingerprint density at radius 3 is 2.67 bits per heavy atom. The lowest BCUT2D eigenvalue weighted by molar-refractivity contribution is -0.113. The SMILES string of the molecule is O=C1/C(=C/c2ccccn2)SC(=S)N1c1ccccc1F. The van der Waals surface area contributed by atoms with Gasteiger partial charge in [-0.3, -0.25) is 14.7 Å². The second-order valence-electron chi connectivity index (χ2n) is 4.22. The maximum absolute atomic E-state index is 13.8. The first-order valence-electron chi connectivity index (χ1n) is 6.10. The van der Waals surface area contributed by atoms with Crippen LogP contribution < -0.4 is 4.90 Å². The van der Waals surface area contributed by atoms with Crippen LogP contribution in [0.3, 0.4) is 0 Å². The first-order valence-corrected chi connectivity index (χ1v) is 7.33. The molecule has 0 spiro atoms. The second kappa shape index (κ2) is 5.75. The van der Waals surface area contributed by atoms with E-state index in [4.69, 9.17) is 12.2 Å². The van der Waals surface area contributed by atoms with Crippen molar-refractivity contribution < 1.29 is 9.18 Å². The van der Waals surface area contributed by atoms with Crippen molar-refractivity contribution in [3.63, 3.8) is 0 Å². The van der Waals surface area contributed by atoms with Gasteiger partial charge in [-0.1, -0.05) is 42.2 Å². The van der Waals surface area contributed by atoms with Gasteiger partial charge in [0.15, 0.2) is 4.32 Å². The number of halogens is 1. The molecule has 0 N–H and O–H groups in total. The van der Waals surface area contributed by atoms with Gasteiger partial charge in [-0.25, -0.2) is 4.39 Å². The molecule has 21 heavy (non-hydrogen) atoms. The molecule has 0 saturated carbocycles. The molecule has 2 aromatic rings. The number of carbonyl (C=O) groups is 1. The molecule has 1 aliphatic heterocycles. The molecule has 1 saturated heterocycles. The molecule has 0 atom stereocenters. The lowest BCUT2D eigenvalue weighted by Crippen LogP contribution is -2.28. The maximum Gasteiger partial charge on any atom is 0.270 e. The number of para-hydroxylation sites is 1. The summed E-state index contributed by atoms with van der Waals surface area (Å²) in [7, 11) is 0. The Morgan fingerprint density at radius 2 is 1.95 bits per heavy atom. The zero-order valence-electron chi connectivity index (χ0n) is 10.7. The fraction of sp³-hybridized carbons (Fsp3) is 0. The van der Waals surface area contributed by atoms with Gasteiger partial charge in [-0.2, -0.15) is 0 Å². The van der Waals surface area contributed by atoms with E-state index in [-0.39, 0.29) is 11.6 Å². The number of aromatic nitrogens is 1. The first kappa shape index (κ1) is 13.9.